The molecule has 1 amide bonds. The van der Waals surface area contributed by atoms with Crippen molar-refractivity contribution in [2.45, 2.75) is 45.6 Å². The fourth-order valence-electron chi connectivity index (χ4n) is 4.41. The molecule has 8 nitrogen and oxygen atoms in total. The SMILES string of the molecule is COc1cc2nn(C3CCC(C)CC3)cc2cc1NC(=O)c1coc(-c2ccnc(C)c2)n1. The average molecular weight is 446 g/mol. The lowest BCUT2D eigenvalue weighted by Gasteiger charge is -2.26. The number of aryl methyl sites for hydroxylation is 1. The molecule has 170 valence electrons. The van der Waals surface area contributed by atoms with Gasteiger partial charge in [0.15, 0.2) is 5.69 Å². The van der Waals surface area contributed by atoms with E-state index in [1.165, 1.54) is 19.1 Å². The largest absolute Gasteiger partial charge is 0.494 e. The maximum absolute atomic E-state index is 12.9. The number of hydrogen-bond donors (Lipinski definition) is 1. The van der Waals surface area contributed by atoms with Crippen molar-refractivity contribution in [3.05, 3.63) is 54.3 Å². The number of ether oxygens (including phenoxy) is 1. The number of rotatable bonds is 5. The number of aromatic nitrogens is 4. The Morgan fingerprint density at radius 1 is 1.21 bits per heavy atom. The fraction of sp³-hybridized carbons (Fsp3) is 0.360. The first kappa shape index (κ1) is 21.2. The first-order chi connectivity index (χ1) is 16.0. The third-order valence-electron chi connectivity index (χ3n) is 6.33. The fourth-order valence-corrected chi connectivity index (χ4v) is 4.41. The third kappa shape index (κ3) is 4.33. The van der Waals surface area contributed by atoms with E-state index in [0.717, 1.165) is 40.9 Å². The number of benzene rings is 1. The lowest BCUT2D eigenvalue weighted by Crippen LogP contribution is -2.16. The van der Waals surface area contributed by atoms with Crippen LogP contribution in [0.3, 0.4) is 0 Å². The van der Waals surface area contributed by atoms with Crippen molar-refractivity contribution >= 4 is 22.5 Å². The average Bonchev–Trinajstić information content (AvgIpc) is 3.46. The van der Waals surface area contributed by atoms with Crippen LogP contribution in [-0.4, -0.2) is 32.8 Å². The van der Waals surface area contributed by atoms with Crippen LogP contribution in [0.5, 0.6) is 5.75 Å². The maximum Gasteiger partial charge on any atom is 0.277 e. The summed E-state index contributed by atoms with van der Waals surface area (Å²) in [7, 11) is 1.58. The maximum atomic E-state index is 12.9. The number of methoxy groups -OCH3 is 1. The Balaban J connectivity index is 1.38. The van der Waals surface area contributed by atoms with Gasteiger partial charge in [0.05, 0.1) is 24.4 Å². The number of fused-ring (bicyclic) bond motifs is 1. The van der Waals surface area contributed by atoms with Crippen LogP contribution in [0.2, 0.25) is 0 Å². The molecule has 5 rings (SSSR count). The lowest BCUT2D eigenvalue weighted by molar-refractivity contribution is 0.102. The summed E-state index contributed by atoms with van der Waals surface area (Å²) in [6.45, 7) is 4.20. The van der Waals surface area contributed by atoms with Crippen molar-refractivity contribution in [2.75, 3.05) is 12.4 Å². The summed E-state index contributed by atoms with van der Waals surface area (Å²) >= 11 is 0. The molecule has 0 aliphatic heterocycles. The highest BCUT2D eigenvalue weighted by Gasteiger charge is 2.22. The van der Waals surface area contributed by atoms with Gasteiger partial charge in [-0.2, -0.15) is 5.10 Å². The van der Waals surface area contributed by atoms with Crippen molar-refractivity contribution in [2.24, 2.45) is 5.92 Å². The molecule has 33 heavy (non-hydrogen) atoms. The monoisotopic (exact) mass is 445 g/mol. The van der Waals surface area contributed by atoms with Crippen molar-refractivity contribution in [3.63, 3.8) is 0 Å². The van der Waals surface area contributed by atoms with Gasteiger partial charge >= 0.3 is 0 Å². The predicted octanol–water partition coefficient (Wildman–Crippen LogP) is 5.41. The molecule has 1 N–H and O–H groups in total. The molecule has 0 saturated heterocycles. The minimum absolute atomic E-state index is 0.189. The van der Waals surface area contributed by atoms with E-state index < -0.39 is 0 Å². The summed E-state index contributed by atoms with van der Waals surface area (Å²) in [5.41, 5.74) is 3.22. The Kier molecular flexibility index (Phi) is 5.58. The van der Waals surface area contributed by atoms with E-state index in [-0.39, 0.29) is 11.6 Å². The van der Waals surface area contributed by atoms with E-state index in [9.17, 15) is 4.79 Å². The number of amides is 1. The molecule has 1 fully saturated rings. The first-order valence-electron chi connectivity index (χ1n) is 11.3. The van der Waals surface area contributed by atoms with Crippen LogP contribution in [0.1, 0.15) is 54.8 Å². The molecule has 0 spiro atoms. The normalized spacial score (nSPS) is 18.4. The van der Waals surface area contributed by atoms with Crippen LogP contribution >= 0.6 is 0 Å². The van der Waals surface area contributed by atoms with Crippen LogP contribution < -0.4 is 10.1 Å². The van der Waals surface area contributed by atoms with Gasteiger partial charge in [-0.25, -0.2) is 4.98 Å². The molecule has 1 aliphatic carbocycles. The van der Waals surface area contributed by atoms with E-state index in [4.69, 9.17) is 14.3 Å². The Hall–Kier alpha value is -3.68. The third-order valence-corrected chi connectivity index (χ3v) is 6.33. The second-order valence-corrected chi connectivity index (χ2v) is 8.81. The van der Waals surface area contributed by atoms with Gasteiger partial charge in [0.2, 0.25) is 5.89 Å². The first-order valence-corrected chi connectivity index (χ1v) is 11.3. The zero-order valence-corrected chi connectivity index (χ0v) is 19.0. The molecule has 1 saturated carbocycles. The molecule has 0 unspecified atom stereocenters. The molecule has 1 aromatic carbocycles. The number of pyridine rings is 1. The number of hydrogen-bond acceptors (Lipinski definition) is 6. The van der Waals surface area contributed by atoms with Gasteiger partial charge < -0.3 is 14.5 Å². The van der Waals surface area contributed by atoms with Crippen LogP contribution in [0.4, 0.5) is 5.69 Å². The molecule has 0 radical (unpaired) electrons. The zero-order valence-electron chi connectivity index (χ0n) is 19.0. The van der Waals surface area contributed by atoms with Gasteiger partial charge in [0.1, 0.15) is 12.0 Å². The van der Waals surface area contributed by atoms with E-state index in [1.807, 2.05) is 25.1 Å². The number of nitrogens with zero attached hydrogens (tertiary/aromatic N) is 4. The highest BCUT2D eigenvalue weighted by molar-refractivity contribution is 6.05. The van der Waals surface area contributed by atoms with E-state index in [1.54, 1.807) is 19.4 Å². The molecule has 8 heteroatoms. The molecule has 4 aromatic rings. The number of anilines is 1. The molecule has 0 atom stereocenters. The second-order valence-electron chi connectivity index (χ2n) is 8.81. The Morgan fingerprint density at radius 3 is 2.79 bits per heavy atom. The van der Waals surface area contributed by atoms with Crippen LogP contribution in [0.15, 0.2) is 47.3 Å². The van der Waals surface area contributed by atoms with Crippen molar-refractivity contribution in [1.29, 1.82) is 0 Å². The lowest BCUT2D eigenvalue weighted by atomic mass is 9.87. The molecule has 1 aliphatic rings. The highest BCUT2D eigenvalue weighted by atomic mass is 16.5. The molecular formula is C25H27N5O3. The molecule has 3 heterocycles. The number of carbonyl (C=O) groups is 1. The van der Waals surface area contributed by atoms with Gasteiger partial charge in [-0.15, -0.1) is 0 Å². The van der Waals surface area contributed by atoms with E-state index in [2.05, 4.69) is 33.1 Å². The quantitative estimate of drug-likeness (QED) is 0.441. The minimum Gasteiger partial charge on any atom is -0.494 e. The van der Waals surface area contributed by atoms with Crippen LogP contribution in [0, 0.1) is 12.8 Å². The molecule has 0 bridgehead atoms. The van der Waals surface area contributed by atoms with Gasteiger partial charge in [-0.3, -0.25) is 14.5 Å². The standard InChI is InChI=1S/C25H27N5O3/c1-15-4-6-19(7-5-15)30-13-18-11-21(23(32-3)12-20(18)29-30)27-24(31)22-14-33-25(28-22)17-8-9-26-16(2)10-17/h8-15,19H,4-7H2,1-3H3,(H,27,31). The van der Waals surface area contributed by atoms with Gasteiger partial charge in [-0.1, -0.05) is 6.92 Å². The van der Waals surface area contributed by atoms with Gasteiger partial charge in [-0.05, 0) is 56.7 Å². The number of nitrogens with one attached hydrogen (secondary N) is 1. The van der Waals surface area contributed by atoms with Gasteiger partial charge in [0.25, 0.3) is 5.91 Å². The second kappa shape index (κ2) is 8.69. The smallest absolute Gasteiger partial charge is 0.277 e. The Morgan fingerprint density at radius 2 is 2.03 bits per heavy atom. The summed E-state index contributed by atoms with van der Waals surface area (Å²) in [4.78, 5) is 21.4. The Bertz CT molecular complexity index is 1300. The van der Waals surface area contributed by atoms with Crippen LogP contribution in [0.25, 0.3) is 22.4 Å². The summed E-state index contributed by atoms with van der Waals surface area (Å²) in [5, 5.41) is 8.65. The Labute approximate surface area is 192 Å². The number of carbonyl (C=O) groups excluding carboxylic acids is 1. The van der Waals surface area contributed by atoms with Gasteiger partial charge in [0, 0.05) is 35.1 Å². The summed E-state index contributed by atoms with van der Waals surface area (Å²) in [6, 6.07) is 7.83. The van der Waals surface area contributed by atoms with Crippen molar-refractivity contribution in [3.8, 4) is 17.2 Å². The topological polar surface area (TPSA) is 95.1 Å². The minimum atomic E-state index is -0.373. The van der Waals surface area contributed by atoms with Crippen molar-refractivity contribution < 1.29 is 13.9 Å². The van der Waals surface area contributed by atoms with E-state index >= 15 is 0 Å². The van der Waals surface area contributed by atoms with Crippen LogP contribution in [-0.2, 0) is 0 Å². The summed E-state index contributed by atoms with van der Waals surface area (Å²) < 4.78 is 13.1. The predicted molar refractivity (Wildman–Crippen MR) is 125 cm³/mol. The van der Waals surface area contributed by atoms with E-state index in [0.29, 0.717) is 23.4 Å². The number of oxazole rings is 1. The summed E-state index contributed by atoms with van der Waals surface area (Å²) in [6.07, 6.45) is 9.83. The van der Waals surface area contributed by atoms with Crippen molar-refractivity contribution in [1.82, 2.24) is 19.7 Å². The summed E-state index contributed by atoms with van der Waals surface area (Å²) in [5.74, 6) is 1.33. The molecular weight excluding hydrogens is 418 g/mol. The molecule has 3 aromatic heterocycles. The highest BCUT2D eigenvalue weighted by Crippen LogP contribution is 2.35. The zero-order chi connectivity index (χ0) is 22.9.